The molecule has 116 valence electrons. The highest BCUT2D eigenvalue weighted by molar-refractivity contribution is 7.10. The van der Waals surface area contributed by atoms with Crippen LogP contribution in [0.5, 0.6) is 0 Å². The maximum Gasteiger partial charge on any atom is 0.246 e. The minimum absolute atomic E-state index is 0.0274. The zero-order valence-corrected chi connectivity index (χ0v) is 13.4. The molecule has 0 saturated carbocycles. The van der Waals surface area contributed by atoms with Gasteiger partial charge in [-0.2, -0.15) is 5.26 Å². The smallest absolute Gasteiger partial charge is 0.246 e. The van der Waals surface area contributed by atoms with Crippen LogP contribution in [0.4, 0.5) is 5.82 Å². The molecule has 0 N–H and O–H groups in total. The van der Waals surface area contributed by atoms with Crippen molar-refractivity contribution in [3.05, 3.63) is 52.4 Å². The lowest BCUT2D eigenvalue weighted by atomic mass is 10.2. The van der Waals surface area contributed by atoms with E-state index in [0.717, 1.165) is 4.88 Å². The second-order valence-corrected chi connectivity index (χ2v) is 6.13. The van der Waals surface area contributed by atoms with Crippen LogP contribution in [-0.2, 0) is 4.79 Å². The molecule has 1 aliphatic rings. The summed E-state index contributed by atoms with van der Waals surface area (Å²) in [5.41, 5.74) is 0.574. The number of hydrogen-bond donors (Lipinski definition) is 0. The van der Waals surface area contributed by atoms with Gasteiger partial charge in [-0.3, -0.25) is 4.79 Å². The van der Waals surface area contributed by atoms with Crippen molar-refractivity contribution in [1.29, 1.82) is 5.26 Å². The second kappa shape index (κ2) is 7.07. The van der Waals surface area contributed by atoms with Gasteiger partial charge in [-0.25, -0.2) is 4.98 Å². The molecule has 1 fully saturated rings. The number of carbonyl (C=O) groups is 1. The molecule has 0 radical (unpaired) electrons. The number of hydrogen-bond acceptors (Lipinski definition) is 5. The number of amides is 1. The molecule has 1 saturated heterocycles. The molecule has 1 aliphatic heterocycles. The fraction of sp³-hybridized carbons (Fsp3) is 0.235. The van der Waals surface area contributed by atoms with Gasteiger partial charge in [0.15, 0.2) is 0 Å². The van der Waals surface area contributed by atoms with Crippen LogP contribution in [0.25, 0.3) is 6.08 Å². The molecule has 1 amide bonds. The van der Waals surface area contributed by atoms with E-state index in [1.807, 2.05) is 28.5 Å². The zero-order valence-electron chi connectivity index (χ0n) is 12.6. The zero-order chi connectivity index (χ0) is 16.1. The van der Waals surface area contributed by atoms with Crippen molar-refractivity contribution in [1.82, 2.24) is 9.88 Å². The Morgan fingerprint density at radius 2 is 2.09 bits per heavy atom. The van der Waals surface area contributed by atoms with Gasteiger partial charge < -0.3 is 9.80 Å². The summed E-state index contributed by atoms with van der Waals surface area (Å²) in [5.74, 6) is 0.732. The van der Waals surface area contributed by atoms with Crippen LogP contribution >= 0.6 is 11.3 Å². The summed E-state index contributed by atoms with van der Waals surface area (Å²) < 4.78 is 0. The topological polar surface area (TPSA) is 60.2 Å². The summed E-state index contributed by atoms with van der Waals surface area (Å²) in [5, 5.41) is 11.1. The van der Waals surface area contributed by atoms with Crippen molar-refractivity contribution in [2.75, 3.05) is 31.1 Å². The molecule has 0 aromatic carbocycles. The molecule has 23 heavy (non-hydrogen) atoms. The van der Waals surface area contributed by atoms with Gasteiger partial charge in [0.2, 0.25) is 5.91 Å². The SMILES string of the molecule is N#Cc1cccnc1N1CCN(C(=O)C=Cc2cccs2)CC1. The molecule has 0 bridgehead atoms. The number of nitriles is 1. The quantitative estimate of drug-likeness (QED) is 0.813. The average Bonchev–Trinajstić information content (AvgIpc) is 3.13. The number of thiophene rings is 1. The van der Waals surface area contributed by atoms with Gasteiger partial charge in [-0.1, -0.05) is 6.07 Å². The van der Waals surface area contributed by atoms with Gasteiger partial charge in [-0.05, 0) is 29.7 Å². The van der Waals surface area contributed by atoms with E-state index in [0.29, 0.717) is 37.6 Å². The summed E-state index contributed by atoms with van der Waals surface area (Å²) in [7, 11) is 0. The van der Waals surface area contributed by atoms with Crippen molar-refractivity contribution >= 4 is 29.1 Å². The van der Waals surface area contributed by atoms with Crippen LogP contribution in [0.15, 0.2) is 41.9 Å². The summed E-state index contributed by atoms with van der Waals surface area (Å²) in [6.45, 7) is 2.64. The Hall–Kier alpha value is -2.65. The summed E-state index contributed by atoms with van der Waals surface area (Å²) in [4.78, 5) is 21.5. The van der Waals surface area contributed by atoms with Crippen LogP contribution < -0.4 is 4.90 Å². The molecular weight excluding hydrogens is 308 g/mol. The Morgan fingerprint density at radius 3 is 2.78 bits per heavy atom. The van der Waals surface area contributed by atoms with Crippen LogP contribution in [0.3, 0.4) is 0 Å². The average molecular weight is 324 g/mol. The van der Waals surface area contributed by atoms with Crippen molar-refractivity contribution in [2.24, 2.45) is 0 Å². The third kappa shape index (κ3) is 3.58. The fourth-order valence-electron chi connectivity index (χ4n) is 2.52. The first kappa shape index (κ1) is 15.3. The minimum Gasteiger partial charge on any atom is -0.352 e. The Balaban J connectivity index is 1.60. The van der Waals surface area contributed by atoms with Crippen molar-refractivity contribution in [3.8, 4) is 6.07 Å². The van der Waals surface area contributed by atoms with Gasteiger partial charge in [-0.15, -0.1) is 11.3 Å². The largest absolute Gasteiger partial charge is 0.352 e. The van der Waals surface area contributed by atoms with E-state index >= 15 is 0 Å². The van der Waals surface area contributed by atoms with Crippen molar-refractivity contribution < 1.29 is 4.79 Å². The normalized spacial score (nSPS) is 14.9. The third-order valence-electron chi connectivity index (χ3n) is 3.73. The van der Waals surface area contributed by atoms with Crippen molar-refractivity contribution in [2.45, 2.75) is 0 Å². The highest BCUT2D eigenvalue weighted by atomic mass is 32.1. The van der Waals surface area contributed by atoms with Crippen LogP contribution in [0.1, 0.15) is 10.4 Å². The summed E-state index contributed by atoms with van der Waals surface area (Å²) >= 11 is 1.61. The standard InChI is InChI=1S/C17H16N4OS/c18-13-14-3-1-7-19-17(14)21-10-8-20(9-11-21)16(22)6-5-15-4-2-12-23-15/h1-7,12H,8-11H2. The number of nitrogens with zero attached hydrogens (tertiary/aromatic N) is 4. The Kier molecular flexibility index (Phi) is 4.69. The highest BCUT2D eigenvalue weighted by Crippen LogP contribution is 2.18. The lowest BCUT2D eigenvalue weighted by Gasteiger charge is -2.35. The van der Waals surface area contributed by atoms with E-state index in [9.17, 15) is 4.79 Å². The molecule has 0 aliphatic carbocycles. The first-order chi connectivity index (χ1) is 11.3. The van der Waals surface area contributed by atoms with Crippen LogP contribution in [-0.4, -0.2) is 42.0 Å². The molecular formula is C17H16N4OS. The van der Waals surface area contributed by atoms with Gasteiger partial charge in [0, 0.05) is 43.3 Å². The molecule has 5 nitrogen and oxygen atoms in total. The van der Waals surface area contributed by atoms with E-state index in [4.69, 9.17) is 5.26 Å². The summed E-state index contributed by atoms with van der Waals surface area (Å²) in [6.07, 6.45) is 5.17. The Labute approximate surface area is 139 Å². The third-order valence-corrected chi connectivity index (χ3v) is 4.57. The van der Waals surface area contributed by atoms with E-state index in [1.165, 1.54) is 0 Å². The first-order valence-corrected chi connectivity index (χ1v) is 8.26. The number of rotatable bonds is 3. The number of piperazine rings is 1. The second-order valence-electron chi connectivity index (χ2n) is 5.15. The number of carbonyl (C=O) groups excluding carboxylic acids is 1. The van der Waals surface area contributed by atoms with E-state index < -0.39 is 0 Å². The van der Waals surface area contributed by atoms with Gasteiger partial charge in [0.1, 0.15) is 11.9 Å². The number of aromatic nitrogens is 1. The molecule has 2 aromatic heterocycles. The van der Waals surface area contributed by atoms with Gasteiger partial charge in [0.25, 0.3) is 0 Å². The Morgan fingerprint density at radius 1 is 1.26 bits per heavy atom. The first-order valence-electron chi connectivity index (χ1n) is 7.38. The van der Waals surface area contributed by atoms with E-state index in [2.05, 4.69) is 16.0 Å². The molecule has 3 heterocycles. The Bertz CT molecular complexity index is 740. The lowest BCUT2D eigenvalue weighted by molar-refractivity contribution is -0.126. The molecule has 0 spiro atoms. The number of pyridine rings is 1. The monoisotopic (exact) mass is 324 g/mol. The predicted molar refractivity (Wildman–Crippen MR) is 91.1 cm³/mol. The fourth-order valence-corrected chi connectivity index (χ4v) is 3.14. The van der Waals surface area contributed by atoms with E-state index in [1.54, 1.807) is 35.7 Å². The van der Waals surface area contributed by atoms with Crippen molar-refractivity contribution in [3.63, 3.8) is 0 Å². The molecule has 2 aromatic rings. The highest BCUT2D eigenvalue weighted by Gasteiger charge is 2.22. The number of anilines is 1. The molecule has 3 rings (SSSR count). The predicted octanol–water partition coefficient (Wildman–Crippen LogP) is 2.38. The molecule has 0 atom stereocenters. The maximum atomic E-state index is 12.2. The lowest BCUT2D eigenvalue weighted by Crippen LogP contribution is -2.48. The van der Waals surface area contributed by atoms with Gasteiger partial charge >= 0.3 is 0 Å². The minimum atomic E-state index is 0.0274. The van der Waals surface area contributed by atoms with Crippen LogP contribution in [0.2, 0.25) is 0 Å². The summed E-state index contributed by atoms with van der Waals surface area (Å²) in [6, 6.07) is 9.65. The maximum absolute atomic E-state index is 12.2. The molecule has 0 unspecified atom stereocenters. The van der Waals surface area contributed by atoms with Crippen LogP contribution in [0, 0.1) is 11.3 Å². The van der Waals surface area contributed by atoms with E-state index in [-0.39, 0.29) is 5.91 Å². The molecule has 6 heteroatoms. The van der Waals surface area contributed by atoms with Gasteiger partial charge in [0.05, 0.1) is 5.56 Å².